The molecule has 8 heteroatoms. The van der Waals surface area contributed by atoms with Gasteiger partial charge in [0, 0.05) is 10.8 Å². The Morgan fingerprint density at radius 3 is 1.21 bits per heavy atom. The van der Waals surface area contributed by atoms with E-state index >= 15 is 0 Å². The second-order valence-corrected chi connectivity index (χ2v) is 14.6. The zero-order valence-electron chi connectivity index (χ0n) is 31.3. The molecular formula is C45H54O8. The monoisotopic (exact) mass is 722 g/mol. The molecule has 4 aromatic rings. The van der Waals surface area contributed by atoms with Gasteiger partial charge < -0.3 is 37.9 Å². The molecule has 0 saturated carbocycles. The lowest BCUT2D eigenvalue weighted by Crippen LogP contribution is -2.45. The third-order valence-corrected chi connectivity index (χ3v) is 11.2. The summed E-state index contributed by atoms with van der Waals surface area (Å²) in [7, 11) is 0. The molecule has 0 atom stereocenters. The molecule has 0 spiro atoms. The van der Waals surface area contributed by atoms with Crippen LogP contribution in [0.1, 0.15) is 48.9 Å². The van der Waals surface area contributed by atoms with E-state index in [1.54, 1.807) is 0 Å². The summed E-state index contributed by atoms with van der Waals surface area (Å²) in [5, 5.41) is 0. The van der Waals surface area contributed by atoms with Gasteiger partial charge >= 0.3 is 0 Å². The lowest BCUT2D eigenvalue weighted by Gasteiger charge is -2.40. The van der Waals surface area contributed by atoms with Crippen LogP contribution in [0.2, 0.25) is 0 Å². The van der Waals surface area contributed by atoms with E-state index in [1.165, 1.54) is 33.4 Å². The summed E-state index contributed by atoms with van der Waals surface area (Å²) in [5.41, 5.74) is 7.28. The highest BCUT2D eigenvalue weighted by Gasteiger charge is 2.46. The van der Waals surface area contributed by atoms with Gasteiger partial charge in [0.15, 0.2) is 0 Å². The molecule has 2 saturated heterocycles. The predicted molar refractivity (Wildman–Crippen MR) is 205 cm³/mol. The van der Waals surface area contributed by atoms with Gasteiger partial charge in [-0.15, -0.1) is 0 Å². The second kappa shape index (κ2) is 17.6. The Hall–Kier alpha value is -3.76. The van der Waals surface area contributed by atoms with E-state index in [9.17, 15) is 0 Å². The first kappa shape index (κ1) is 37.6. The minimum atomic E-state index is -0.500. The fraction of sp³-hybridized carbons (Fsp3) is 0.467. The largest absolute Gasteiger partial charge is 0.491 e. The maximum absolute atomic E-state index is 6.10. The van der Waals surface area contributed by atoms with Gasteiger partial charge in [0.2, 0.25) is 0 Å². The molecule has 0 bridgehead atoms. The van der Waals surface area contributed by atoms with Gasteiger partial charge in [-0.25, -0.2) is 0 Å². The van der Waals surface area contributed by atoms with Crippen LogP contribution in [0.4, 0.5) is 0 Å². The van der Waals surface area contributed by atoms with E-state index in [1.807, 2.05) is 0 Å². The Labute approximate surface area is 314 Å². The van der Waals surface area contributed by atoms with Gasteiger partial charge in [-0.3, -0.25) is 0 Å². The van der Waals surface area contributed by atoms with Gasteiger partial charge in [-0.05, 0) is 70.5 Å². The summed E-state index contributed by atoms with van der Waals surface area (Å²) in [6.07, 6.45) is 2.15. The van der Waals surface area contributed by atoms with Crippen LogP contribution in [-0.2, 0) is 33.8 Å². The molecular weight excluding hydrogens is 668 g/mol. The van der Waals surface area contributed by atoms with Crippen LogP contribution >= 0.6 is 0 Å². The van der Waals surface area contributed by atoms with Crippen LogP contribution in [0, 0.1) is 10.8 Å². The van der Waals surface area contributed by atoms with Gasteiger partial charge in [0.1, 0.15) is 24.7 Å². The number of benzene rings is 4. The first-order valence-electron chi connectivity index (χ1n) is 19.2. The van der Waals surface area contributed by atoms with Crippen molar-refractivity contribution in [3.05, 3.63) is 119 Å². The molecule has 3 aliphatic rings. The molecule has 0 unspecified atom stereocenters. The van der Waals surface area contributed by atoms with Crippen molar-refractivity contribution in [2.45, 2.75) is 32.1 Å². The minimum Gasteiger partial charge on any atom is -0.491 e. The molecule has 4 aromatic carbocycles. The number of rotatable bonds is 22. The molecule has 1 aliphatic carbocycles. The van der Waals surface area contributed by atoms with E-state index in [0.29, 0.717) is 52.9 Å². The van der Waals surface area contributed by atoms with Crippen LogP contribution in [0.3, 0.4) is 0 Å². The second-order valence-electron chi connectivity index (χ2n) is 14.6. The van der Waals surface area contributed by atoms with Gasteiger partial charge in [0.25, 0.3) is 0 Å². The lowest BCUT2D eigenvalue weighted by molar-refractivity contribution is -0.152. The van der Waals surface area contributed by atoms with Crippen molar-refractivity contribution in [1.82, 2.24) is 0 Å². The number of ether oxygens (including phenoxy) is 8. The topological polar surface area (TPSA) is 73.8 Å². The third-order valence-electron chi connectivity index (χ3n) is 11.2. The fourth-order valence-electron chi connectivity index (χ4n) is 7.64. The van der Waals surface area contributed by atoms with Gasteiger partial charge in [-0.2, -0.15) is 0 Å². The zero-order chi connectivity index (χ0) is 36.4. The normalized spacial score (nSPS) is 17.3. The fourth-order valence-corrected chi connectivity index (χ4v) is 7.64. The van der Waals surface area contributed by atoms with E-state index in [-0.39, 0.29) is 10.8 Å². The Kier molecular flexibility index (Phi) is 12.5. The lowest BCUT2D eigenvalue weighted by atomic mass is 9.68. The molecule has 8 nitrogen and oxygen atoms in total. The van der Waals surface area contributed by atoms with Gasteiger partial charge in [0.05, 0.1) is 84.7 Å². The van der Waals surface area contributed by atoms with Crippen molar-refractivity contribution in [3.63, 3.8) is 0 Å². The third kappa shape index (κ3) is 8.19. The van der Waals surface area contributed by atoms with Crippen molar-refractivity contribution in [3.8, 4) is 22.6 Å². The molecule has 2 heterocycles. The van der Waals surface area contributed by atoms with Crippen molar-refractivity contribution in [2.75, 3.05) is 92.5 Å². The zero-order valence-corrected chi connectivity index (χ0v) is 31.3. The van der Waals surface area contributed by atoms with Crippen molar-refractivity contribution < 1.29 is 37.9 Å². The Morgan fingerprint density at radius 1 is 0.453 bits per heavy atom. The van der Waals surface area contributed by atoms with Crippen LogP contribution in [0.5, 0.6) is 11.5 Å². The van der Waals surface area contributed by atoms with Crippen LogP contribution < -0.4 is 9.47 Å². The van der Waals surface area contributed by atoms with Crippen LogP contribution in [0.25, 0.3) is 11.1 Å². The summed E-state index contributed by atoms with van der Waals surface area (Å²) in [6, 6.07) is 34.6. The SMILES string of the molecule is CCC1(COCCOCCOc2ccc(C3(c4ccc(OCCOCCOCC5(CC)COC5)cc4)c4ccccc4-c4ccccc43)cc2)COC1. The number of fused-ring (bicyclic) bond motifs is 3. The van der Waals surface area contributed by atoms with E-state index in [0.717, 1.165) is 64.0 Å². The van der Waals surface area contributed by atoms with Crippen LogP contribution in [-0.4, -0.2) is 92.5 Å². The van der Waals surface area contributed by atoms with Crippen molar-refractivity contribution in [2.24, 2.45) is 10.8 Å². The minimum absolute atomic E-state index is 0.199. The Balaban J connectivity index is 0.961. The smallest absolute Gasteiger partial charge is 0.119 e. The van der Waals surface area contributed by atoms with Crippen LogP contribution in [0.15, 0.2) is 97.1 Å². The molecule has 53 heavy (non-hydrogen) atoms. The Bertz CT molecular complexity index is 1590. The van der Waals surface area contributed by atoms with E-state index in [4.69, 9.17) is 37.9 Å². The molecule has 0 N–H and O–H groups in total. The number of hydrogen-bond donors (Lipinski definition) is 0. The number of hydrogen-bond acceptors (Lipinski definition) is 8. The first-order chi connectivity index (χ1) is 26.1. The van der Waals surface area contributed by atoms with E-state index < -0.39 is 5.41 Å². The quantitative estimate of drug-likeness (QED) is 0.0673. The summed E-state index contributed by atoms with van der Waals surface area (Å²) < 4.78 is 46.2. The molecule has 7 rings (SSSR count). The average Bonchev–Trinajstić information content (AvgIpc) is 3.47. The molecule has 2 fully saturated rings. The maximum Gasteiger partial charge on any atom is 0.119 e. The summed E-state index contributed by atoms with van der Waals surface area (Å²) in [6.45, 7) is 13.2. The Morgan fingerprint density at radius 2 is 0.830 bits per heavy atom. The highest BCUT2D eigenvalue weighted by Crippen LogP contribution is 2.56. The summed E-state index contributed by atoms with van der Waals surface area (Å²) in [4.78, 5) is 0. The molecule has 2 aliphatic heterocycles. The van der Waals surface area contributed by atoms with E-state index in [2.05, 4.69) is 111 Å². The standard InChI is InChI=1S/C45H54O8/c1-3-43(31-50-32-43)29-48-23-21-46-25-27-52-37-17-13-35(14-18-37)45(41-11-7-5-9-39(41)40-10-6-8-12-42(40)45)36-15-19-38(20-16-36)53-28-26-47-22-24-49-30-44(4-2)33-51-34-44/h5-20H,3-4,21-34H2,1-2H3. The maximum atomic E-state index is 6.10. The first-order valence-corrected chi connectivity index (χ1v) is 19.2. The average molecular weight is 723 g/mol. The van der Waals surface area contributed by atoms with Crippen molar-refractivity contribution >= 4 is 0 Å². The molecule has 282 valence electrons. The highest BCUT2D eigenvalue weighted by molar-refractivity contribution is 5.86. The molecule has 0 amide bonds. The summed E-state index contributed by atoms with van der Waals surface area (Å²) >= 11 is 0. The highest BCUT2D eigenvalue weighted by atomic mass is 16.6. The predicted octanol–water partition coefficient (Wildman–Crippen LogP) is 7.73. The molecule has 0 aromatic heterocycles. The van der Waals surface area contributed by atoms with Gasteiger partial charge in [-0.1, -0.05) is 86.6 Å². The summed E-state index contributed by atoms with van der Waals surface area (Å²) in [5.74, 6) is 1.63. The van der Waals surface area contributed by atoms with Crippen molar-refractivity contribution in [1.29, 1.82) is 0 Å². The molecule has 0 radical (unpaired) electrons.